The van der Waals surface area contributed by atoms with Gasteiger partial charge in [-0.15, -0.1) is 10.2 Å². The second kappa shape index (κ2) is 9.34. The molecule has 1 aromatic heterocycles. The molecule has 0 spiro atoms. The van der Waals surface area contributed by atoms with Gasteiger partial charge >= 0.3 is 0 Å². The lowest BCUT2D eigenvalue weighted by molar-refractivity contribution is -0.118. The third-order valence-corrected chi connectivity index (χ3v) is 5.48. The number of amides is 1. The monoisotopic (exact) mass is 415 g/mol. The van der Waals surface area contributed by atoms with Gasteiger partial charge in [0, 0.05) is 10.5 Å². The highest BCUT2D eigenvalue weighted by molar-refractivity contribution is 8.01. The first-order valence-electron chi connectivity index (χ1n) is 8.21. The zero-order chi connectivity index (χ0) is 19.9. The number of nitrogens with zero attached hydrogens (tertiary/aromatic N) is 2. The van der Waals surface area contributed by atoms with Crippen LogP contribution in [0.3, 0.4) is 0 Å². The lowest BCUT2D eigenvalue weighted by atomic mass is 10.1. The van der Waals surface area contributed by atoms with E-state index in [4.69, 9.17) is 9.47 Å². The van der Waals surface area contributed by atoms with E-state index in [0.717, 1.165) is 9.24 Å². The van der Waals surface area contributed by atoms with Crippen LogP contribution in [0.25, 0.3) is 0 Å². The van der Waals surface area contributed by atoms with Crippen LogP contribution in [0.4, 0.5) is 5.69 Å². The number of carbonyl (C=O) groups is 2. The number of nitrogens with one attached hydrogen (secondary N) is 1. The van der Waals surface area contributed by atoms with Gasteiger partial charge in [0.1, 0.15) is 5.51 Å². The number of methoxy groups -OCH3 is 1. The minimum atomic E-state index is -0.317. The molecule has 2 aromatic carbocycles. The molecule has 0 bridgehead atoms. The van der Waals surface area contributed by atoms with E-state index in [1.54, 1.807) is 23.7 Å². The molecule has 7 nitrogen and oxygen atoms in total. The molecule has 0 unspecified atom stereocenters. The van der Waals surface area contributed by atoms with Crippen molar-refractivity contribution in [1.82, 2.24) is 10.2 Å². The first-order chi connectivity index (χ1) is 13.6. The molecule has 0 aliphatic rings. The largest absolute Gasteiger partial charge is 0.493 e. The van der Waals surface area contributed by atoms with E-state index in [9.17, 15) is 9.59 Å². The third-order valence-electron chi connectivity index (χ3n) is 3.63. The zero-order valence-corrected chi connectivity index (χ0v) is 16.8. The topological polar surface area (TPSA) is 90.4 Å². The van der Waals surface area contributed by atoms with E-state index in [1.165, 1.54) is 37.1 Å². The Balaban J connectivity index is 1.65. The number of carbonyl (C=O) groups excluding carboxylic acids is 2. The number of Topliss-reactive ketones (excluding diaryl/α,β-unsaturated/α-hetero) is 1. The van der Waals surface area contributed by atoms with Crippen molar-refractivity contribution in [2.24, 2.45) is 0 Å². The highest BCUT2D eigenvalue weighted by atomic mass is 32.2. The van der Waals surface area contributed by atoms with Crippen molar-refractivity contribution in [3.8, 4) is 11.5 Å². The maximum atomic E-state index is 12.3. The van der Waals surface area contributed by atoms with E-state index in [1.807, 2.05) is 24.3 Å². The molecule has 1 N–H and O–H groups in total. The Kier molecular flexibility index (Phi) is 6.62. The molecule has 0 atom stereocenters. The Bertz CT molecular complexity index is 977. The zero-order valence-electron chi connectivity index (χ0n) is 15.2. The number of hydrogen-bond acceptors (Lipinski definition) is 8. The van der Waals surface area contributed by atoms with Gasteiger partial charge in [-0.1, -0.05) is 35.2 Å². The molecule has 3 aromatic rings. The predicted octanol–water partition coefficient (Wildman–Crippen LogP) is 3.92. The summed E-state index contributed by atoms with van der Waals surface area (Å²) in [5.41, 5.74) is 2.83. The number of aromatic nitrogens is 2. The third kappa shape index (κ3) is 5.08. The molecular formula is C19H17N3O4S2. The fourth-order valence-electron chi connectivity index (χ4n) is 2.30. The van der Waals surface area contributed by atoms with Crippen molar-refractivity contribution >= 4 is 40.5 Å². The minimum absolute atomic E-state index is 0.0767. The van der Waals surface area contributed by atoms with Crippen molar-refractivity contribution in [3.63, 3.8) is 0 Å². The normalized spacial score (nSPS) is 10.4. The summed E-state index contributed by atoms with van der Waals surface area (Å²) in [6.45, 7) is 1.27. The molecule has 3 rings (SSSR count). The fourth-order valence-corrected chi connectivity index (χ4v) is 3.82. The van der Waals surface area contributed by atoms with Gasteiger partial charge in [-0.25, -0.2) is 0 Å². The van der Waals surface area contributed by atoms with Gasteiger partial charge < -0.3 is 14.8 Å². The molecule has 144 valence electrons. The van der Waals surface area contributed by atoms with Crippen LogP contribution >= 0.6 is 23.1 Å². The Hall–Kier alpha value is -2.91. The van der Waals surface area contributed by atoms with Gasteiger partial charge in [0.2, 0.25) is 0 Å². The minimum Gasteiger partial charge on any atom is -0.493 e. The molecule has 0 saturated carbocycles. The van der Waals surface area contributed by atoms with E-state index < -0.39 is 0 Å². The highest BCUT2D eigenvalue weighted by Crippen LogP contribution is 2.34. The van der Waals surface area contributed by atoms with Crippen LogP contribution in [0.1, 0.15) is 17.3 Å². The van der Waals surface area contributed by atoms with Crippen LogP contribution in [0.2, 0.25) is 0 Å². The molecule has 0 radical (unpaired) electrons. The maximum absolute atomic E-state index is 12.3. The lowest BCUT2D eigenvalue weighted by Crippen LogP contribution is -2.20. The maximum Gasteiger partial charge on any atom is 0.262 e. The number of ether oxygens (including phenoxy) is 2. The summed E-state index contributed by atoms with van der Waals surface area (Å²) in [5.74, 6) is 0.391. The summed E-state index contributed by atoms with van der Waals surface area (Å²) < 4.78 is 11.6. The van der Waals surface area contributed by atoms with Crippen LogP contribution in [0, 0.1) is 0 Å². The standard InChI is InChI=1S/C19H17N3O4S2/c1-12(23)13-7-8-15(16(9-13)25-2)26-10-18(24)21-14-5-3-4-6-17(14)28-19-22-20-11-27-19/h3-9,11H,10H2,1-2H3,(H,21,24). The van der Waals surface area contributed by atoms with Crippen molar-refractivity contribution in [2.75, 3.05) is 19.0 Å². The van der Waals surface area contributed by atoms with Gasteiger partial charge in [-0.2, -0.15) is 0 Å². The first-order valence-corrected chi connectivity index (χ1v) is 9.91. The summed E-state index contributed by atoms with van der Waals surface area (Å²) in [6.07, 6.45) is 0. The molecule has 1 heterocycles. The Morgan fingerprint density at radius 1 is 1.18 bits per heavy atom. The van der Waals surface area contributed by atoms with Crippen LogP contribution < -0.4 is 14.8 Å². The number of rotatable bonds is 8. The summed E-state index contributed by atoms with van der Waals surface area (Å²) in [7, 11) is 1.48. The number of para-hydroxylation sites is 1. The van der Waals surface area contributed by atoms with Crippen molar-refractivity contribution in [1.29, 1.82) is 0 Å². The quantitative estimate of drug-likeness (QED) is 0.558. The van der Waals surface area contributed by atoms with Gasteiger partial charge in [0.05, 0.1) is 12.8 Å². The van der Waals surface area contributed by atoms with Gasteiger partial charge in [0.25, 0.3) is 5.91 Å². The van der Waals surface area contributed by atoms with E-state index in [2.05, 4.69) is 15.5 Å². The van der Waals surface area contributed by atoms with Crippen LogP contribution in [-0.2, 0) is 4.79 Å². The summed E-state index contributed by atoms with van der Waals surface area (Å²) in [5, 5.41) is 10.7. The van der Waals surface area contributed by atoms with Gasteiger partial charge in [0.15, 0.2) is 28.2 Å². The number of hydrogen-bond donors (Lipinski definition) is 1. The molecule has 0 saturated heterocycles. The molecule has 0 aliphatic heterocycles. The molecule has 0 aliphatic carbocycles. The summed E-state index contributed by atoms with van der Waals surface area (Å²) in [4.78, 5) is 24.7. The molecule has 9 heteroatoms. The molecular weight excluding hydrogens is 398 g/mol. The number of ketones is 1. The van der Waals surface area contributed by atoms with Crippen LogP contribution in [-0.4, -0.2) is 35.6 Å². The fraction of sp³-hybridized carbons (Fsp3) is 0.158. The van der Waals surface area contributed by atoms with E-state index in [0.29, 0.717) is 22.7 Å². The van der Waals surface area contributed by atoms with Crippen molar-refractivity contribution in [2.45, 2.75) is 16.2 Å². The molecule has 28 heavy (non-hydrogen) atoms. The highest BCUT2D eigenvalue weighted by Gasteiger charge is 2.13. The van der Waals surface area contributed by atoms with Crippen LogP contribution in [0.5, 0.6) is 11.5 Å². The molecule has 0 fully saturated rings. The van der Waals surface area contributed by atoms with Crippen LogP contribution in [0.15, 0.2) is 57.2 Å². The second-order valence-electron chi connectivity index (χ2n) is 5.56. The Labute approximate surface area is 170 Å². The van der Waals surface area contributed by atoms with Gasteiger partial charge in [-0.3, -0.25) is 9.59 Å². The summed E-state index contributed by atoms with van der Waals surface area (Å²) >= 11 is 2.85. The van der Waals surface area contributed by atoms with Crippen molar-refractivity contribution in [3.05, 3.63) is 53.5 Å². The first kappa shape index (κ1) is 19.8. The average molecular weight is 415 g/mol. The van der Waals surface area contributed by atoms with E-state index >= 15 is 0 Å². The number of benzene rings is 2. The van der Waals surface area contributed by atoms with E-state index in [-0.39, 0.29) is 18.3 Å². The molecule has 1 amide bonds. The van der Waals surface area contributed by atoms with Crippen molar-refractivity contribution < 1.29 is 19.1 Å². The van der Waals surface area contributed by atoms with Gasteiger partial charge in [-0.05, 0) is 37.3 Å². The lowest BCUT2D eigenvalue weighted by Gasteiger charge is -2.13. The average Bonchev–Trinajstić information content (AvgIpc) is 3.20. The Morgan fingerprint density at radius 3 is 2.71 bits per heavy atom. The SMILES string of the molecule is COc1cc(C(C)=O)ccc1OCC(=O)Nc1ccccc1Sc1nncs1. The predicted molar refractivity (Wildman–Crippen MR) is 108 cm³/mol. The Morgan fingerprint density at radius 2 is 2.00 bits per heavy atom. The number of anilines is 1. The smallest absolute Gasteiger partial charge is 0.262 e. The second-order valence-corrected chi connectivity index (χ2v) is 7.68. The summed E-state index contributed by atoms with van der Waals surface area (Å²) in [6, 6.07) is 12.3.